The first-order valence-corrected chi connectivity index (χ1v) is 8.78. The molecule has 0 fully saturated rings. The lowest BCUT2D eigenvalue weighted by molar-refractivity contribution is -0.166. The molecule has 0 saturated carbocycles. The smallest absolute Gasteiger partial charge is 0.347 e. The van der Waals surface area contributed by atoms with E-state index in [0.717, 1.165) is 11.3 Å². The number of para-hydroxylation sites is 1. The molecular formula is C19H30N2O6. The van der Waals surface area contributed by atoms with Gasteiger partial charge in [-0.3, -0.25) is 4.79 Å². The molecule has 0 aromatic heterocycles. The van der Waals surface area contributed by atoms with E-state index in [4.69, 9.17) is 14.6 Å². The van der Waals surface area contributed by atoms with Gasteiger partial charge in [0.15, 0.2) is 6.10 Å². The van der Waals surface area contributed by atoms with Crippen LogP contribution in [0.15, 0.2) is 24.3 Å². The zero-order valence-corrected chi connectivity index (χ0v) is 16.5. The predicted octanol–water partition coefficient (Wildman–Crippen LogP) is 2.13. The first-order chi connectivity index (χ1) is 12.6. The van der Waals surface area contributed by atoms with Gasteiger partial charge in [0.2, 0.25) is 0 Å². The summed E-state index contributed by atoms with van der Waals surface area (Å²) in [5, 5.41) is 10.7. The van der Waals surface area contributed by atoms with Crippen LogP contribution in [0.3, 0.4) is 0 Å². The van der Waals surface area contributed by atoms with E-state index in [1.54, 1.807) is 13.8 Å². The molecule has 1 rings (SSSR count). The van der Waals surface area contributed by atoms with Crippen LogP contribution in [-0.4, -0.2) is 48.3 Å². The fourth-order valence-corrected chi connectivity index (χ4v) is 2.01. The van der Waals surface area contributed by atoms with Gasteiger partial charge in [0.25, 0.3) is 0 Å². The van der Waals surface area contributed by atoms with Gasteiger partial charge < -0.3 is 25.6 Å². The molecule has 1 aromatic rings. The molecule has 0 bridgehead atoms. The standard InChI is InChI=1S/C17H25NO4.C2H5NO2/c1-6-21-17(20)13(5)22-16(19)12(4)18-15-10-8-7-9-14(15)11(2)3;3-1-2(4)5/h7-13,18H,6H2,1-5H3;1,3H2,(H,4,5)/t12-,13?;/m0./s1. The zero-order chi connectivity index (χ0) is 21.0. The number of carbonyl (C=O) groups is 3. The summed E-state index contributed by atoms with van der Waals surface area (Å²) in [4.78, 5) is 32.8. The molecule has 0 aliphatic rings. The highest BCUT2D eigenvalue weighted by Crippen LogP contribution is 2.24. The van der Waals surface area contributed by atoms with Gasteiger partial charge in [0.1, 0.15) is 6.04 Å². The van der Waals surface area contributed by atoms with Gasteiger partial charge in [-0.25, -0.2) is 9.59 Å². The number of hydrogen-bond acceptors (Lipinski definition) is 7. The van der Waals surface area contributed by atoms with Crippen molar-refractivity contribution >= 4 is 23.6 Å². The summed E-state index contributed by atoms with van der Waals surface area (Å²) in [6.07, 6.45) is -0.906. The minimum Gasteiger partial charge on any atom is -0.480 e. The lowest BCUT2D eigenvalue weighted by atomic mass is 10.0. The number of benzene rings is 1. The Morgan fingerprint density at radius 2 is 1.67 bits per heavy atom. The van der Waals surface area contributed by atoms with E-state index in [2.05, 4.69) is 24.9 Å². The van der Waals surface area contributed by atoms with Crippen molar-refractivity contribution in [3.05, 3.63) is 29.8 Å². The quantitative estimate of drug-likeness (QED) is 0.583. The van der Waals surface area contributed by atoms with Crippen LogP contribution in [0.5, 0.6) is 0 Å². The highest BCUT2D eigenvalue weighted by atomic mass is 16.6. The first-order valence-electron chi connectivity index (χ1n) is 8.78. The second-order valence-electron chi connectivity index (χ2n) is 6.04. The Morgan fingerprint density at radius 3 is 2.15 bits per heavy atom. The summed E-state index contributed by atoms with van der Waals surface area (Å²) in [5.74, 6) is -1.65. The Morgan fingerprint density at radius 1 is 1.11 bits per heavy atom. The van der Waals surface area contributed by atoms with E-state index < -0.39 is 30.1 Å². The lowest BCUT2D eigenvalue weighted by Crippen LogP contribution is -2.34. The Balaban J connectivity index is 0.00000119. The van der Waals surface area contributed by atoms with Crippen LogP contribution in [0.4, 0.5) is 5.69 Å². The summed E-state index contributed by atoms with van der Waals surface area (Å²) in [5.41, 5.74) is 6.59. The summed E-state index contributed by atoms with van der Waals surface area (Å²) in [6, 6.07) is 7.26. The van der Waals surface area contributed by atoms with Crippen LogP contribution < -0.4 is 11.1 Å². The molecule has 152 valence electrons. The summed E-state index contributed by atoms with van der Waals surface area (Å²) < 4.78 is 9.94. The van der Waals surface area contributed by atoms with Gasteiger partial charge in [0.05, 0.1) is 13.2 Å². The van der Waals surface area contributed by atoms with Crippen molar-refractivity contribution in [2.45, 2.75) is 52.7 Å². The highest BCUT2D eigenvalue weighted by Gasteiger charge is 2.23. The fraction of sp³-hybridized carbons (Fsp3) is 0.526. The topological polar surface area (TPSA) is 128 Å². The molecule has 0 aliphatic carbocycles. The Bertz CT molecular complexity index is 618. The molecule has 0 amide bonds. The van der Waals surface area contributed by atoms with Crippen molar-refractivity contribution in [1.29, 1.82) is 0 Å². The van der Waals surface area contributed by atoms with Crippen molar-refractivity contribution in [1.82, 2.24) is 0 Å². The summed E-state index contributed by atoms with van der Waals surface area (Å²) >= 11 is 0. The molecule has 0 radical (unpaired) electrons. The van der Waals surface area contributed by atoms with E-state index in [0.29, 0.717) is 5.92 Å². The number of nitrogens with two attached hydrogens (primary N) is 1. The molecule has 27 heavy (non-hydrogen) atoms. The highest BCUT2D eigenvalue weighted by molar-refractivity contribution is 5.83. The fourth-order valence-electron chi connectivity index (χ4n) is 2.01. The molecule has 0 aliphatic heterocycles. The SMILES string of the molecule is CCOC(=O)C(C)OC(=O)[C@H](C)Nc1ccccc1C(C)C.NCC(=O)O. The number of rotatable bonds is 8. The van der Waals surface area contributed by atoms with Gasteiger partial charge in [-0.15, -0.1) is 0 Å². The van der Waals surface area contributed by atoms with Crippen LogP contribution in [-0.2, 0) is 23.9 Å². The van der Waals surface area contributed by atoms with E-state index in [1.165, 1.54) is 6.92 Å². The van der Waals surface area contributed by atoms with Crippen LogP contribution in [0.2, 0.25) is 0 Å². The predicted molar refractivity (Wildman–Crippen MR) is 102 cm³/mol. The molecule has 1 aromatic carbocycles. The maximum absolute atomic E-state index is 12.1. The van der Waals surface area contributed by atoms with Crippen molar-refractivity contribution in [2.24, 2.45) is 5.73 Å². The minimum atomic E-state index is -0.968. The number of carbonyl (C=O) groups excluding carboxylic acids is 2. The number of nitrogens with one attached hydrogen (secondary N) is 1. The van der Waals surface area contributed by atoms with Crippen molar-refractivity contribution < 1.29 is 29.0 Å². The Labute approximate surface area is 160 Å². The second kappa shape index (κ2) is 12.7. The number of hydrogen-bond donors (Lipinski definition) is 3. The number of ether oxygens (including phenoxy) is 2. The van der Waals surface area contributed by atoms with Crippen molar-refractivity contribution in [3.8, 4) is 0 Å². The zero-order valence-electron chi connectivity index (χ0n) is 16.5. The third-order valence-electron chi connectivity index (χ3n) is 3.39. The van der Waals surface area contributed by atoms with E-state index in [1.807, 2.05) is 24.3 Å². The average molecular weight is 382 g/mol. The molecule has 2 atom stereocenters. The largest absolute Gasteiger partial charge is 0.480 e. The molecule has 0 heterocycles. The third kappa shape index (κ3) is 9.60. The van der Waals surface area contributed by atoms with Gasteiger partial charge in [-0.1, -0.05) is 32.0 Å². The first kappa shape index (κ1) is 24.4. The Hall–Kier alpha value is -2.61. The number of aliphatic carboxylic acids is 1. The number of carboxylic acid groups (broad SMARTS) is 1. The van der Waals surface area contributed by atoms with Crippen molar-refractivity contribution in [3.63, 3.8) is 0 Å². The molecule has 8 nitrogen and oxygen atoms in total. The number of carboxylic acids is 1. The van der Waals surface area contributed by atoms with Crippen LogP contribution >= 0.6 is 0 Å². The van der Waals surface area contributed by atoms with Gasteiger partial charge in [-0.2, -0.15) is 0 Å². The van der Waals surface area contributed by atoms with Crippen molar-refractivity contribution in [2.75, 3.05) is 18.5 Å². The van der Waals surface area contributed by atoms with Gasteiger partial charge in [-0.05, 0) is 38.3 Å². The normalized spacial score (nSPS) is 12.3. The van der Waals surface area contributed by atoms with E-state index in [9.17, 15) is 14.4 Å². The van der Waals surface area contributed by atoms with Gasteiger partial charge >= 0.3 is 17.9 Å². The number of esters is 2. The van der Waals surface area contributed by atoms with E-state index >= 15 is 0 Å². The molecular weight excluding hydrogens is 352 g/mol. The van der Waals surface area contributed by atoms with Crippen LogP contribution in [0, 0.1) is 0 Å². The molecule has 0 saturated heterocycles. The average Bonchev–Trinajstić information content (AvgIpc) is 2.62. The Kier molecular flexibility index (Phi) is 11.5. The maximum atomic E-state index is 12.1. The van der Waals surface area contributed by atoms with Crippen LogP contribution in [0.25, 0.3) is 0 Å². The molecule has 0 spiro atoms. The molecule has 4 N–H and O–H groups in total. The molecule has 1 unspecified atom stereocenters. The minimum absolute atomic E-state index is 0.260. The summed E-state index contributed by atoms with van der Waals surface area (Å²) in [7, 11) is 0. The molecule has 8 heteroatoms. The van der Waals surface area contributed by atoms with Gasteiger partial charge in [0, 0.05) is 5.69 Å². The maximum Gasteiger partial charge on any atom is 0.347 e. The monoisotopic (exact) mass is 382 g/mol. The lowest BCUT2D eigenvalue weighted by Gasteiger charge is -2.20. The van der Waals surface area contributed by atoms with Crippen LogP contribution in [0.1, 0.15) is 46.1 Å². The number of anilines is 1. The second-order valence-corrected chi connectivity index (χ2v) is 6.04. The van der Waals surface area contributed by atoms with E-state index in [-0.39, 0.29) is 13.2 Å². The summed E-state index contributed by atoms with van der Waals surface area (Å²) in [6.45, 7) is 9.08. The third-order valence-corrected chi connectivity index (χ3v) is 3.39.